The van der Waals surface area contributed by atoms with Gasteiger partial charge in [-0.2, -0.15) is 9.97 Å². The Kier molecular flexibility index (Phi) is 8.78. The zero-order valence-corrected chi connectivity index (χ0v) is 35.8. The van der Waals surface area contributed by atoms with Gasteiger partial charge in [-0.3, -0.25) is 4.57 Å². The average molecular weight is 842 g/mol. The van der Waals surface area contributed by atoms with E-state index in [-0.39, 0.29) is 0 Å². The second kappa shape index (κ2) is 15.4. The Morgan fingerprint density at radius 3 is 1.48 bits per heavy atom. The molecule has 0 unspecified atom stereocenters. The van der Waals surface area contributed by atoms with Gasteiger partial charge in [-0.25, -0.2) is 4.98 Å². The van der Waals surface area contributed by atoms with Gasteiger partial charge in [0.05, 0.1) is 22.1 Å². The standard InChI is InChI=1S/C61H39N5/c1-4-19-40(20-5-1)43-25-16-26-44(37-43)45-27-17-28-46(38-45)60-62-59(42-22-6-2-7-23-42)63-61(64-60)66-54-36-15-13-33-51(54)57-55(66)39-52(49-34-18-24-41-21-10-11-31-48(41)49)56-50-32-12-14-35-53(50)65(58(56)57)47-29-8-3-9-30-47/h1-39H. The molecule has 13 aromatic rings. The molecule has 0 amide bonds. The number of fused-ring (bicyclic) bond motifs is 8. The number of benzene rings is 10. The minimum atomic E-state index is 0.548. The highest BCUT2D eigenvalue weighted by Gasteiger charge is 2.26. The Bertz CT molecular complexity index is 3980. The Morgan fingerprint density at radius 2 is 0.773 bits per heavy atom. The van der Waals surface area contributed by atoms with Gasteiger partial charge in [-0.15, -0.1) is 0 Å². The number of nitrogens with zero attached hydrogens (tertiary/aromatic N) is 5. The van der Waals surface area contributed by atoms with Crippen LogP contribution in [0, 0.1) is 0 Å². The van der Waals surface area contributed by atoms with Crippen molar-refractivity contribution < 1.29 is 0 Å². The fourth-order valence-corrected chi connectivity index (χ4v) is 9.99. The second-order valence-corrected chi connectivity index (χ2v) is 16.8. The van der Waals surface area contributed by atoms with E-state index in [4.69, 9.17) is 15.0 Å². The average Bonchev–Trinajstić information content (AvgIpc) is 3.92. The fraction of sp³-hybridized carbons (Fsp3) is 0. The molecule has 66 heavy (non-hydrogen) atoms. The van der Waals surface area contributed by atoms with Crippen LogP contribution in [-0.2, 0) is 0 Å². The van der Waals surface area contributed by atoms with E-state index in [1.165, 1.54) is 38.2 Å². The Balaban J connectivity index is 1.13. The highest BCUT2D eigenvalue weighted by Crippen LogP contribution is 2.47. The molecule has 0 aliphatic heterocycles. The molecule has 0 saturated heterocycles. The third-order valence-corrected chi connectivity index (χ3v) is 12.9. The first-order valence-electron chi connectivity index (χ1n) is 22.4. The van der Waals surface area contributed by atoms with Crippen LogP contribution < -0.4 is 0 Å². The van der Waals surface area contributed by atoms with Gasteiger partial charge in [0, 0.05) is 38.4 Å². The van der Waals surface area contributed by atoms with Crippen LogP contribution in [0.15, 0.2) is 237 Å². The third kappa shape index (κ3) is 6.13. The minimum absolute atomic E-state index is 0.548. The largest absolute Gasteiger partial charge is 0.309 e. The van der Waals surface area contributed by atoms with Crippen molar-refractivity contribution in [1.82, 2.24) is 24.1 Å². The summed E-state index contributed by atoms with van der Waals surface area (Å²) in [4.78, 5) is 16.1. The van der Waals surface area contributed by atoms with E-state index in [1.807, 2.05) is 18.2 Å². The number of aromatic nitrogens is 5. The predicted molar refractivity (Wildman–Crippen MR) is 273 cm³/mol. The highest BCUT2D eigenvalue weighted by atomic mass is 15.2. The predicted octanol–water partition coefficient (Wildman–Crippen LogP) is 15.6. The van der Waals surface area contributed by atoms with Gasteiger partial charge in [0.1, 0.15) is 0 Å². The smallest absolute Gasteiger partial charge is 0.238 e. The lowest BCUT2D eigenvalue weighted by molar-refractivity contribution is 0.953. The first-order chi connectivity index (χ1) is 32.7. The highest BCUT2D eigenvalue weighted by molar-refractivity contribution is 6.30. The lowest BCUT2D eigenvalue weighted by atomic mass is 9.93. The lowest BCUT2D eigenvalue weighted by Gasteiger charge is -2.14. The summed E-state index contributed by atoms with van der Waals surface area (Å²) in [6.45, 7) is 0. The number of hydrogen-bond acceptors (Lipinski definition) is 3. The van der Waals surface area contributed by atoms with Crippen molar-refractivity contribution in [1.29, 1.82) is 0 Å². The van der Waals surface area contributed by atoms with Crippen molar-refractivity contribution in [2.45, 2.75) is 0 Å². The molecule has 0 radical (unpaired) electrons. The van der Waals surface area contributed by atoms with Crippen molar-refractivity contribution in [2.75, 3.05) is 0 Å². The summed E-state index contributed by atoms with van der Waals surface area (Å²) < 4.78 is 4.71. The summed E-state index contributed by atoms with van der Waals surface area (Å²) in [5.41, 5.74) is 14.1. The van der Waals surface area contributed by atoms with Crippen molar-refractivity contribution in [3.8, 4) is 67.8 Å². The Morgan fingerprint density at radius 1 is 0.288 bits per heavy atom. The zero-order valence-electron chi connectivity index (χ0n) is 35.8. The molecule has 3 heterocycles. The maximum Gasteiger partial charge on any atom is 0.238 e. The molecular weight excluding hydrogens is 803 g/mol. The normalized spacial score (nSPS) is 11.6. The molecule has 5 heteroatoms. The molecule has 0 atom stereocenters. The van der Waals surface area contributed by atoms with Gasteiger partial charge < -0.3 is 4.57 Å². The number of hydrogen-bond donors (Lipinski definition) is 0. The Labute approximate surface area is 381 Å². The summed E-state index contributed by atoms with van der Waals surface area (Å²) in [5, 5.41) is 7.04. The van der Waals surface area contributed by atoms with Gasteiger partial charge in [-0.05, 0) is 86.6 Å². The van der Waals surface area contributed by atoms with Gasteiger partial charge in [-0.1, -0.05) is 194 Å². The van der Waals surface area contributed by atoms with Crippen molar-refractivity contribution in [2.24, 2.45) is 0 Å². The second-order valence-electron chi connectivity index (χ2n) is 16.8. The van der Waals surface area contributed by atoms with E-state index in [2.05, 4.69) is 228 Å². The fourth-order valence-electron chi connectivity index (χ4n) is 9.99. The molecule has 0 aliphatic carbocycles. The molecule has 308 valence electrons. The topological polar surface area (TPSA) is 48.5 Å². The van der Waals surface area contributed by atoms with E-state index in [9.17, 15) is 0 Å². The van der Waals surface area contributed by atoms with Gasteiger partial charge in [0.2, 0.25) is 5.95 Å². The zero-order chi connectivity index (χ0) is 43.6. The summed E-state index contributed by atoms with van der Waals surface area (Å²) in [6, 6.07) is 84.0. The van der Waals surface area contributed by atoms with Crippen LogP contribution in [0.25, 0.3) is 122 Å². The van der Waals surface area contributed by atoms with Crippen LogP contribution in [0.1, 0.15) is 0 Å². The van der Waals surface area contributed by atoms with Crippen molar-refractivity contribution >= 4 is 54.4 Å². The third-order valence-electron chi connectivity index (χ3n) is 12.9. The molecule has 5 nitrogen and oxygen atoms in total. The molecule has 0 bridgehead atoms. The van der Waals surface area contributed by atoms with Crippen LogP contribution >= 0.6 is 0 Å². The monoisotopic (exact) mass is 841 g/mol. The Hall–Kier alpha value is -8.93. The van der Waals surface area contributed by atoms with E-state index in [1.54, 1.807) is 0 Å². The van der Waals surface area contributed by atoms with Crippen LogP contribution in [0.2, 0.25) is 0 Å². The molecule has 3 aromatic heterocycles. The molecule has 13 rings (SSSR count). The van der Waals surface area contributed by atoms with Crippen LogP contribution in [0.3, 0.4) is 0 Å². The molecule has 0 fully saturated rings. The van der Waals surface area contributed by atoms with Gasteiger partial charge in [0.25, 0.3) is 0 Å². The van der Waals surface area contributed by atoms with Gasteiger partial charge >= 0.3 is 0 Å². The van der Waals surface area contributed by atoms with E-state index in [0.717, 1.165) is 66.3 Å². The molecule has 10 aromatic carbocycles. The van der Waals surface area contributed by atoms with Crippen LogP contribution in [0.4, 0.5) is 0 Å². The molecule has 0 spiro atoms. The number of rotatable bonds is 7. The lowest BCUT2D eigenvalue weighted by Crippen LogP contribution is -2.06. The molecular formula is C61H39N5. The quantitative estimate of drug-likeness (QED) is 0.161. The van der Waals surface area contributed by atoms with Gasteiger partial charge in [0.15, 0.2) is 11.6 Å². The maximum absolute atomic E-state index is 5.46. The van der Waals surface area contributed by atoms with Crippen molar-refractivity contribution in [3.05, 3.63) is 237 Å². The summed E-state index contributed by atoms with van der Waals surface area (Å²) in [6.07, 6.45) is 0. The summed E-state index contributed by atoms with van der Waals surface area (Å²) >= 11 is 0. The number of para-hydroxylation sites is 3. The van der Waals surface area contributed by atoms with E-state index in [0.29, 0.717) is 17.6 Å². The van der Waals surface area contributed by atoms with Crippen LogP contribution in [-0.4, -0.2) is 24.1 Å². The SMILES string of the molecule is c1ccc(-c2cccc(-c3cccc(-c4nc(-c5ccccc5)nc(-n5c6ccccc6c6c5cc(-c5cccc7ccccc57)c5c7ccccc7n(-c7ccccc7)c56)n4)c3)c2)cc1. The maximum atomic E-state index is 5.46. The first-order valence-corrected chi connectivity index (χ1v) is 22.4. The minimum Gasteiger partial charge on any atom is -0.309 e. The van der Waals surface area contributed by atoms with Crippen LogP contribution in [0.5, 0.6) is 0 Å². The summed E-state index contributed by atoms with van der Waals surface area (Å²) in [7, 11) is 0. The summed E-state index contributed by atoms with van der Waals surface area (Å²) in [5.74, 6) is 1.75. The van der Waals surface area contributed by atoms with Crippen molar-refractivity contribution in [3.63, 3.8) is 0 Å². The first kappa shape index (κ1) is 37.6. The van der Waals surface area contributed by atoms with E-state index >= 15 is 0 Å². The molecule has 0 saturated carbocycles. The molecule has 0 aliphatic rings. The van der Waals surface area contributed by atoms with E-state index < -0.39 is 0 Å². The molecule has 0 N–H and O–H groups in total.